The summed E-state index contributed by atoms with van der Waals surface area (Å²) in [4.78, 5) is 11.9. The smallest absolute Gasteiger partial charge is 0.406 e. The predicted molar refractivity (Wildman–Crippen MR) is 80.1 cm³/mol. The van der Waals surface area contributed by atoms with Gasteiger partial charge in [0.05, 0.1) is 18.3 Å². The molecule has 3 heterocycles. The topological polar surface area (TPSA) is 80.4 Å². The number of hydrogen-bond acceptors (Lipinski definition) is 7. The summed E-state index contributed by atoms with van der Waals surface area (Å²) in [5.74, 6) is -0.561. The minimum Gasteiger partial charge on any atom is -0.406 e. The van der Waals surface area contributed by atoms with Crippen LogP contribution in [0.5, 0.6) is 5.75 Å². The van der Waals surface area contributed by atoms with Gasteiger partial charge in [0.25, 0.3) is 0 Å². The first-order valence-corrected chi connectivity index (χ1v) is 7.93. The van der Waals surface area contributed by atoms with Crippen molar-refractivity contribution in [1.82, 2.24) is 19.8 Å². The highest BCUT2D eigenvalue weighted by molar-refractivity contribution is 7.71. The number of halogens is 3. The summed E-state index contributed by atoms with van der Waals surface area (Å²) in [5, 5.41) is 7.90. The van der Waals surface area contributed by atoms with Crippen LogP contribution >= 0.6 is 12.2 Å². The van der Waals surface area contributed by atoms with Crippen LogP contribution in [-0.4, -0.2) is 50.9 Å². The molecular weight excluding hydrogens is 377 g/mol. The van der Waals surface area contributed by atoms with E-state index in [-0.39, 0.29) is 35.4 Å². The maximum absolute atomic E-state index is 12.2. The fraction of sp³-hybridized carbons (Fsp3) is 0.429. The largest absolute Gasteiger partial charge is 0.573 e. The second kappa shape index (κ2) is 6.14. The Hall–Kier alpha value is -2.31. The Labute approximate surface area is 149 Å². The fourth-order valence-electron chi connectivity index (χ4n) is 2.88. The van der Waals surface area contributed by atoms with Crippen LogP contribution < -0.4 is 4.74 Å². The van der Waals surface area contributed by atoms with Crippen molar-refractivity contribution in [1.29, 1.82) is 0 Å². The molecule has 0 saturated carbocycles. The molecule has 0 N–H and O–H groups in total. The molecular formula is C14H11F3N4O4S. The van der Waals surface area contributed by atoms with E-state index in [0.717, 1.165) is 12.1 Å². The van der Waals surface area contributed by atoms with E-state index in [0.29, 0.717) is 5.69 Å². The lowest BCUT2D eigenvalue weighted by Gasteiger charge is -2.25. The molecule has 138 valence electrons. The van der Waals surface area contributed by atoms with Gasteiger partial charge >= 0.3 is 6.36 Å². The van der Waals surface area contributed by atoms with Gasteiger partial charge in [-0.3, -0.25) is 4.79 Å². The summed E-state index contributed by atoms with van der Waals surface area (Å²) in [6.45, 7) is 0.249. The monoisotopic (exact) mass is 388 g/mol. The number of tetrazole rings is 1. The maximum atomic E-state index is 12.2. The zero-order valence-electron chi connectivity index (χ0n) is 12.9. The van der Waals surface area contributed by atoms with E-state index in [4.69, 9.17) is 21.7 Å². The van der Waals surface area contributed by atoms with Crippen LogP contribution in [0.3, 0.4) is 0 Å². The summed E-state index contributed by atoms with van der Waals surface area (Å²) >= 11 is 5.34. The molecule has 1 aromatic heterocycles. The van der Waals surface area contributed by atoms with Gasteiger partial charge < -0.3 is 14.2 Å². The van der Waals surface area contributed by atoms with Crippen molar-refractivity contribution in [2.24, 2.45) is 0 Å². The number of ether oxygens (including phenoxy) is 3. The number of Topliss-reactive ketones (excluding diaryl/α,β-unsaturated/α-hetero) is 1. The Balaban J connectivity index is 1.60. The Morgan fingerprint density at radius 1 is 1.23 bits per heavy atom. The van der Waals surface area contributed by atoms with Crippen LogP contribution in [0, 0.1) is 4.77 Å². The number of carbonyl (C=O) groups excluding carboxylic acids is 1. The number of aromatic nitrogens is 4. The molecule has 0 aliphatic carbocycles. The minimum absolute atomic E-state index is 0.153. The predicted octanol–water partition coefficient (Wildman–Crippen LogP) is 1.95. The third kappa shape index (κ3) is 3.10. The number of benzene rings is 1. The highest BCUT2D eigenvalue weighted by atomic mass is 32.1. The van der Waals surface area contributed by atoms with Crippen molar-refractivity contribution in [3.63, 3.8) is 0 Å². The molecule has 2 fully saturated rings. The normalized spacial score (nSPS) is 25.5. The van der Waals surface area contributed by atoms with Crippen molar-refractivity contribution in [2.45, 2.75) is 31.2 Å². The Morgan fingerprint density at radius 3 is 2.65 bits per heavy atom. The molecule has 26 heavy (non-hydrogen) atoms. The van der Waals surface area contributed by atoms with Gasteiger partial charge in [0.1, 0.15) is 11.9 Å². The van der Waals surface area contributed by atoms with E-state index in [1.165, 1.54) is 21.5 Å². The zero-order chi connectivity index (χ0) is 18.5. The van der Waals surface area contributed by atoms with E-state index in [2.05, 4.69) is 15.2 Å². The van der Waals surface area contributed by atoms with Crippen LogP contribution in [0.25, 0.3) is 5.69 Å². The quantitative estimate of drug-likeness (QED) is 0.744. The van der Waals surface area contributed by atoms with Crippen LogP contribution in [0.15, 0.2) is 24.3 Å². The van der Waals surface area contributed by atoms with Gasteiger partial charge in [-0.05, 0) is 46.9 Å². The molecule has 12 heteroatoms. The molecule has 0 spiro atoms. The van der Waals surface area contributed by atoms with E-state index < -0.39 is 18.7 Å². The summed E-state index contributed by atoms with van der Waals surface area (Å²) < 4.78 is 54.1. The summed E-state index contributed by atoms with van der Waals surface area (Å²) in [6.07, 6.45) is -5.81. The first-order chi connectivity index (χ1) is 12.3. The lowest BCUT2D eigenvalue weighted by molar-refractivity contribution is -0.274. The molecule has 2 bridgehead atoms. The molecule has 4 rings (SSSR count). The van der Waals surface area contributed by atoms with Gasteiger partial charge in [-0.25, -0.2) is 4.68 Å². The van der Waals surface area contributed by atoms with Crippen LogP contribution in [0.1, 0.15) is 12.5 Å². The van der Waals surface area contributed by atoms with Gasteiger partial charge in [-0.2, -0.15) is 4.68 Å². The number of nitrogens with zero attached hydrogens (tertiary/aromatic N) is 4. The van der Waals surface area contributed by atoms with Gasteiger partial charge in [0.2, 0.25) is 11.1 Å². The fourth-order valence-corrected chi connectivity index (χ4v) is 3.20. The lowest BCUT2D eigenvalue weighted by Crippen LogP contribution is -2.37. The van der Waals surface area contributed by atoms with E-state index >= 15 is 0 Å². The first-order valence-electron chi connectivity index (χ1n) is 7.52. The molecule has 3 atom stereocenters. The third-order valence-electron chi connectivity index (χ3n) is 4.04. The number of hydrogen-bond donors (Lipinski definition) is 0. The molecule has 0 radical (unpaired) electrons. The Morgan fingerprint density at radius 2 is 1.96 bits per heavy atom. The average molecular weight is 388 g/mol. The SMILES string of the molecule is O=C1C[C@@H](n2nnn(-c3ccc(OC(F)(F)F)cc3)c2=S)[C@H]2CO[C@@H]1O2. The number of ketones is 1. The van der Waals surface area contributed by atoms with E-state index in [1.54, 1.807) is 0 Å². The Kier molecular flexibility index (Phi) is 4.04. The van der Waals surface area contributed by atoms with E-state index in [1.807, 2.05) is 0 Å². The van der Waals surface area contributed by atoms with Gasteiger partial charge in [-0.1, -0.05) is 0 Å². The number of rotatable bonds is 3. The van der Waals surface area contributed by atoms with Crippen molar-refractivity contribution < 1.29 is 32.2 Å². The first kappa shape index (κ1) is 17.1. The number of fused-ring (bicyclic) bond motifs is 2. The van der Waals surface area contributed by atoms with Crippen molar-refractivity contribution in [2.75, 3.05) is 6.61 Å². The van der Waals surface area contributed by atoms with Crippen molar-refractivity contribution in [3.8, 4) is 11.4 Å². The zero-order valence-corrected chi connectivity index (χ0v) is 13.7. The molecule has 2 saturated heterocycles. The number of alkyl halides is 3. The molecule has 0 amide bonds. The molecule has 0 unspecified atom stereocenters. The molecule has 1 aromatic carbocycles. The molecule has 2 aromatic rings. The van der Waals surface area contributed by atoms with Crippen LogP contribution in [-0.2, 0) is 14.3 Å². The summed E-state index contributed by atoms with van der Waals surface area (Å²) in [5.41, 5.74) is 0.402. The highest BCUT2D eigenvalue weighted by Crippen LogP contribution is 2.32. The van der Waals surface area contributed by atoms with Crippen molar-refractivity contribution in [3.05, 3.63) is 29.0 Å². The Bertz CT molecular complexity index is 895. The second-order valence-corrected chi connectivity index (χ2v) is 6.10. The van der Waals surface area contributed by atoms with Crippen molar-refractivity contribution >= 4 is 18.0 Å². The highest BCUT2D eigenvalue weighted by Gasteiger charge is 2.45. The summed E-state index contributed by atoms with van der Waals surface area (Å²) in [7, 11) is 0. The third-order valence-corrected chi connectivity index (χ3v) is 4.40. The standard InChI is InChI=1S/C14H11F3N4O4S/c15-14(16,17)25-8-3-1-7(2-4-8)20-13(26)21(19-18-20)9-5-10(22)12-23-6-11(9)24-12/h1-4,9,11-12H,5-6H2/t9-,11-,12-/m1/s1. The van der Waals surface area contributed by atoms with Gasteiger partial charge in [-0.15, -0.1) is 13.2 Å². The molecule has 8 nitrogen and oxygen atoms in total. The van der Waals surface area contributed by atoms with Crippen LogP contribution in [0.4, 0.5) is 13.2 Å². The lowest BCUT2D eigenvalue weighted by atomic mass is 10.0. The van der Waals surface area contributed by atoms with Gasteiger partial charge in [0, 0.05) is 6.42 Å². The molecule has 2 aliphatic heterocycles. The maximum Gasteiger partial charge on any atom is 0.573 e. The minimum atomic E-state index is -4.77. The molecule has 2 aliphatic rings. The van der Waals surface area contributed by atoms with E-state index in [9.17, 15) is 18.0 Å². The second-order valence-electron chi connectivity index (χ2n) is 5.74. The van der Waals surface area contributed by atoms with Crippen LogP contribution in [0.2, 0.25) is 0 Å². The number of carbonyl (C=O) groups is 1. The average Bonchev–Trinajstić information content (AvgIpc) is 3.16. The van der Waals surface area contributed by atoms with Gasteiger partial charge in [0.15, 0.2) is 5.78 Å². The summed E-state index contributed by atoms with van der Waals surface area (Å²) in [6, 6.07) is 4.58.